The van der Waals surface area contributed by atoms with Crippen LogP contribution in [0.15, 0.2) is 42.5 Å². The average Bonchev–Trinajstić information content (AvgIpc) is 2.73. The molecule has 1 heterocycles. The first-order valence-corrected chi connectivity index (χ1v) is 9.30. The molecule has 1 aliphatic rings. The van der Waals surface area contributed by atoms with Gasteiger partial charge in [0, 0.05) is 11.6 Å². The van der Waals surface area contributed by atoms with Gasteiger partial charge in [0.1, 0.15) is 30.2 Å². The van der Waals surface area contributed by atoms with Crippen molar-refractivity contribution in [3.05, 3.63) is 48.0 Å². The molecular weight excluding hydrogens is 380 g/mol. The van der Waals surface area contributed by atoms with Crippen molar-refractivity contribution in [2.45, 2.75) is 37.6 Å². The van der Waals surface area contributed by atoms with Gasteiger partial charge in [0.05, 0.1) is 13.2 Å². The molecule has 4 N–H and O–H groups in total. The molecule has 1 fully saturated rings. The molecule has 5 atom stereocenters. The maximum absolute atomic E-state index is 11.8. The number of hydrogen-bond donors (Lipinski definition) is 4. The molecular formula is C21H24O8. The summed E-state index contributed by atoms with van der Waals surface area (Å²) in [4.78, 5) is 11.8. The van der Waals surface area contributed by atoms with Gasteiger partial charge in [0.2, 0.25) is 6.29 Å². The Hall–Kier alpha value is -2.49. The maximum Gasteiger partial charge on any atom is 0.330 e. The lowest BCUT2D eigenvalue weighted by atomic mass is 9.99. The van der Waals surface area contributed by atoms with Crippen LogP contribution in [0.2, 0.25) is 0 Å². The van der Waals surface area contributed by atoms with Gasteiger partial charge in [-0.15, -0.1) is 0 Å². The fourth-order valence-electron chi connectivity index (χ4n) is 3.18. The predicted molar refractivity (Wildman–Crippen MR) is 104 cm³/mol. The number of carbonyl (C=O) groups excluding carboxylic acids is 1. The zero-order chi connectivity index (χ0) is 21.0. The Balaban J connectivity index is 1.96. The van der Waals surface area contributed by atoms with Gasteiger partial charge in [-0.05, 0) is 29.8 Å². The molecule has 0 saturated carbocycles. The fraction of sp³-hybridized carbons (Fsp3) is 0.381. The van der Waals surface area contributed by atoms with Crippen molar-refractivity contribution >= 4 is 22.8 Å². The van der Waals surface area contributed by atoms with Crippen molar-refractivity contribution in [1.82, 2.24) is 0 Å². The lowest BCUT2D eigenvalue weighted by Gasteiger charge is -2.39. The van der Waals surface area contributed by atoms with Crippen LogP contribution in [0.1, 0.15) is 12.5 Å². The van der Waals surface area contributed by atoms with E-state index >= 15 is 0 Å². The summed E-state index contributed by atoms with van der Waals surface area (Å²) in [6.45, 7) is 1.39. The second kappa shape index (κ2) is 9.34. The lowest BCUT2D eigenvalue weighted by Crippen LogP contribution is -2.60. The van der Waals surface area contributed by atoms with E-state index in [1.807, 2.05) is 24.3 Å². The van der Waals surface area contributed by atoms with Crippen LogP contribution < -0.4 is 4.74 Å². The first kappa shape index (κ1) is 21.2. The van der Waals surface area contributed by atoms with Gasteiger partial charge < -0.3 is 34.6 Å². The topological polar surface area (TPSA) is 126 Å². The van der Waals surface area contributed by atoms with Gasteiger partial charge in [0.25, 0.3) is 0 Å². The number of rotatable bonds is 6. The summed E-state index contributed by atoms with van der Waals surface area (Å²) in [5.41, 5.74) is 0.549. The summed E-state index contributed by atoms with van der Waals surface area (Å²) >= 11 is 0. The van der Waals surface area contributed by atoms with E-state index in [9.17, 15) is 25.2 Å². The van der Waals surface area contributed by atoms with E-state index in [2.05, 4.69) is 0 Å². The second-order valence-corrected chi connectivity index (χ2v) is 6.60. The molecule has 2 aromatic rings. The third kappa shape index (κ3) is 4.58. The van der Waals surface area contributed by atoms with E-state index in [-0.39, 0.29) is 12.4 Å². The van der Waals surface area contributed by atoms with Gasteiger partial charge in [-0.3, -0.25) is 0 Å². The molecule has 0 spiro atoms. The standard InChI is InChI=1S/C21H24O8/c1-2-27-17(23)10-8-14-13-6-4-3-5-12(13)7-9-15(14)28-21-20(26)19(25)18(24)16(11-22)29-21/h3-10,16,18-22,24-26H,2,11H2,1H3/b10-8+/t16-,18+,19+,20-,21-/m1/s1. The number of fused-ring (bicyclic) bond motifs is 1. The second-order valence-electron chi connectivity index (χ2n) is 6.60. The number of benzene rings is 2. The van der Waals surface area contributed by atoms with Gasteiger partial charge >= 0.3 is 5.97 Å². The van der Waals surface area contributed by atoms with Gasteiger partial charge in [-0.25, -0.2) is 4.79 Å². The van der Waals surface area contributed by atoms with Crippen molar-refractivity contribution < 1.29 is 39.4 Å². The SMILES string of the molecule is CCOC(=O)/C=C/c1c(O[C@@H]2O[C@H](CO)[C@H](O)[C@H](O)[C@H]2O)ccc2ccccc12. The molecule has 0 radical (unpaired) electrons. The molecule has 3 rings (SSSR count). The smallest absolute Gasteiger partial charge is 0.330 e. The molecule has 156 valence electrons. The number of aliphatic hydroxyl groups excluding tert-OH is 4. The van der Waals surface area contributed by atoms with Crippen LogP contribution in [0.5, 0.6) is 5.75 Å². The summed E-state index contributed by atoms with van der Waals surface area (Å²) in [5.74, 6) is -0.229. The molecule has 8 nitrogen and oxygen atoms in total. The Bertz CT molecular complexity index is 878. The highest BCUT2D eigenvalue weighted by Crippen LogP contribution is 2.32. The molecule has 29 heavy (non-hydrogen) atoms. The zero-order valence-electron chi connectivity index (χ0n) is 15.8. The third-order valence-electron chi connectivity index (χ3n) is 4.69. The first-order chi connectivity index (χ1) is 14.0. The van der Waals surface area contributed by atoms with Crippen molar-refractivity contribution in [1.29, 1.82) is 0 Å². The average molecular weight is 404 g/mol. The highest BCUT2D eigenvalue weighted by atomic mass is 16.7. The van der Waals surface area contributed by atoms with Crippen LogP contribution in [0.25, 0.3) is 16.8 Å². The van der Waals surface area contributed by atoms with E-state index in [1.165, 1.54) is 6.08 Å². The van der Waals surface area contributed by atoms with Crippen LogP contribution in [0.3, 0.4) is 0 Å². The van der Waals surface area contributed by atoms with Crippen LogP contribution in [0.4, 0.5) is 0 Å². The highest BCUT2D eigenvalue weighted by molar-refractivity contribution is 5.96. The minimum atomic E-state index is -1.55. The van der Waals surface area contributed by atoms with Crippen molar-refractivity contribution in [2.75, 3.05) is 13.2 Å². The molecule has 2 aromatic carbocycles. The molecule has 0 unspecified atom stereocenters. The predicted octanol–water partition coefficient (Wildman–Crippen LogP) is 0.595. The van der Waals surface area contributed by atoms with Crippen LogP contribution in [0, 0.1) is 0 Å². The first-order valence-electron chi connectivity index (χ1n) is 9.30. The summed E-state index contributed by atoms with van der Waals surface area (Å²) < 4.78 is 16.1. The number of carbonyl (C=O) groups is 1. The normalized spacial score (nSPS) is 27.3. The fourth-order valence-corrected chi connectivity index (χ4v) is 3.18. The van der Waals surface area contributed by atoms with E-state index in [0.717, 1.165) is 10.8 Å². The summed E-state index contributed by atoms with van der Waals surface area (Å²) in [5, 5.41) is 41.2. The van der Waals surface area contributed by atoms with Crippen LogP contribution in [-0.2, 0) is 14.3 Å². The largest absolute Gasteiger partial charge is 0.463 e. The van der Waals surface area contributed by atoms with E-state index in [1.54, 1.807) is 25.1 Å². The Morgan fingerprint density at radius 3 is 2.59 bits per heavy atom. The Morgan fingerprint density at radius 2 is 1.86 bits per heavy atom. The van der Waals surface area contributed by atoms with Crippen LogP contribution in [-0.4, -0.2) is 70.3 Å². The van der Waals surface area contributed by atoms with Crippen LogP contribution >= 0.6 is 0 Å². The monoisotopic (exact) mass is 404 g/mol. The molecule has 0 bridgehead atoms. The Labute approximate surface area is 167 Å². The van der Waals surface area contributed by atoms with Crippen molar-refractivity contribution in [3.63, 3.8) is 0 Å². The van der Waals surface area contributed by atoms with Gasteiger partial charge in [-0.1, -0.05) is 30.3 Å². The van der Waals surface area contributed by atoms with E-state index in [4.69, 9.17) is 14.2 Å². The number of hydrogen-bond acceptors (Lipinski definition) is 8. The van der Waals surface area contributed by atoms with E-state index in [0.29, 0.717) is 5.56 Å². The third-order valence-corrected chi connectivity index (χ3v) is 4.69. The Kier molecular flexibility index (Phi) is 6.83. The molecule has 0 aliphatic carbocycles. The summed E-state index contributed by atoms with van der Waals surface area (Å²) in [6.07, 6.45) is -4.18. The number of ether oxygens (including phenoxy) is 3. The lowest BCUT2D eigenvalue weighted by molar-refractivity contribution is -0.277. The van der Waals surface area contributed by atoms with Gasteiger partial charge in [0.15, 0.2) is 0 Å². The Morgan fingerprint density at radius 1 is 1.10 bits per heavy atom. The highest BCUT2D eigenvalue weighted by Gasteiger charge is 2.44. The molecule has 1 aliphatic heterocycles. The molecule has 8 heteroatoms. The minimum absolute atomic E-state index is 0.243. The summed E-state index contributed by atoms with van der Waals surface area (Å²) in [6, 6.07) is 10.9. The number of aliphatic hydroxyl groups is 4. The summed E-state index contributed by atoms with van der Waals surface area (Å²) in [7, 11) is 0. The van der Waals surface area contributed by atoms with Gasteiger partial charge in [-0.2, -0.15) is 0 Å². The number of esters is 1. The molecule has 0 aromatic heterocycles. The maximum atomic E-state index is 11.8. The van der Waals surface area contributed by atoms with E-state index < -0.39 is 43.3 Å². The van der Waals surface area contributed by atoms with Crippen molar-refractivity contribution in [3.8, 4) is 5.75 Å². The quantitative estimate of drug-likeness (QED) is 0.407. The molecule has 0 amide bonds. The zero-order valence-corrected chi connectivity index (χ0v) is 15.8. The minimum Gasteiger partial charge on any atom is -0.463 e. The van der Waals surface area contributed by atoms with Crippen molar-refractivity contribution in [2.24, 2.45) is 0 Å². The molecule has 1 saturated heterocycles.